The molecule has 0 rings (SSSR count). The van der Waals surface area contributed by atoms with Crippen molar-refractivity contribution >= 4 is 21.6 Å². The fourth-order valence-electron chi connectivity index (χ4n) is 3.21. The lowest BCUT2D eigenvalue weighted by molar-refractivity contribution is -0.147. The van der Waals surface area contributed by atoms with Gasteiger partial charge in [-0.15, -0.1) is 0 Å². The SMILES string of the molecule is CCCCCCCCCCCCCCCCC(=O)OCC(COP(=O)(O)O)OP(=O)(O)O. The summed E-state index contributed by atoms with van der Waals surface area (Å²) in [5.41, 5.74) is 0. The molecule has 4 N–H and O–H groups in total. The van der Waals surface area contributed by atoms with Crippen molar-refractivity contribution in [3.63, 3.8) is 0 Å². The Morgan fingerprint density at radius 3 is 1.53 bits per heavy atom. The second-order valence-electron chi connectivity index (χ2n) is 8.03. The molecule has 0 aromatic heterocycles. The van der Waals surface area contributed by atoms with Crippen molar-refractivity contribution in [1.29, 1.82) is 0 Å². The number of unbranched alkanes of at least 4 members (excludes halogenated alkanes) is 13. The van der Waals surface area contributed by atoms with E-state index in [2.05, 4.69) is 16.0 Å². The normalized spacial score (nSPS) is 13.3. The zero-order chi connectivity index (χ0) is 24.3. The van der Waals surface area contributed by atoms with Gasteiger partial charge in [-0.3, -0.25) is 13.8 Å². The van der Waals surface area contributed by atoms with Gasteiger partial charge in [-0.1, -0.05) is 90.4 Å². The van der Waals surface area contributed by atoms with Crippen LogP contribution in [-0.2, 0) is 27.7 Å². The van der Waals surface area contributed by atoms with Crippen LogP contribution in [0.25, 0.3) is 0 Å². The van der Waals surface area contributed by atoms with Gasteiger partial charge in [0.25, 0.3) is 0 Å². The van der Waals surface area contributed by atoms with Gasteiger partial charge in [-0.25, -0.2) is 9.13 Å². The van der Waals surface area contributed by atoms with Crippen molar-refractivity contribution in [2.24, 2.45) is 0 Å². The number of ether oxygens (including phenoxy) is 1. The lowest BCUT2D eigenvalue weighted by Crippen LogP contribution is -2.26. The lowest BCUT2D eigenvalue weighted by atomic mass is 10.0. The molecular weight excluding hydrogens is 462 g/mol. The van der Waals surface area contributed by atoms with E-state index in [9.17, 15) is 13.9 Å². The maximum atomic E-state index is 11.8. The number of phosphoric acid groups is 2. The van der Waals surface area contributed by atoms with Crippen LogP contribution in [0.1, 0.15) is 103 Å². The highest BCUT2D eigenvalue weighted by molar-refractivity contribution is 7.46. The maximum absolute atomic E-state index is 11.8. The fourth-order valence-corrected chi connectivity index (χ4v) is 4.08. The van der Waals surface area contributed by atoms with Gasteiger partial charge < -0.3 is 24.3 Å². The fraction of sp³-hybridized carbons (Fsp3) is 0.950. The van der Waals surface area contributed by atoms with Crippen LogP contribution in [0.3, 0.4) is 0 Å². The second-order valence-corrected chi connectivity index (χ2v) is 10.5. The summed E-state index contributed by atoms with van der Waals surface area (Å²) in [7, 11) is -9.79. The third-order valence-electron chi connectivity index (χ3n) is 4.88. The van der Waals surface area contributed by atoms with Crippen LogP contribution in [0.2, 0.25) is 0 Å². The summed E-state index contributed by atoms with van der Waals surface area (Å²) in [6, 6.07) is 0. The summed E-state index contributed by atoms with van der Waals surface area (Å²) >= 11 is 0. The van der Waals surface area contributed by atoms with Gasteiger partial charge in [-0.05, 0) is 6.42 Å². The summed E-state index contributed by atoms with van der Waals surface area (Å²) in [6.07, 6.45) is 15.4. The molecule has 192 valence electrons. The topological polar surface area (TPSA) is 160 Å². The molecule has 0 amide bonds. The van der Waals surface area contributed by atoms with Crippen LogP contribution in [0, 0.1) is 0 Å². The number of esters is 1. The minimum atomic E-state index is -4.94. The van der Waals surface area contributed by atoms with E-state index >= 15 is 0 Å². The number of carbonyl (C=O) groups is 1. The van der Waals surface area contributed by atoms with Crippen molar-refractivity contribution in [2.45, 2.75) is 109 Å². The molecule has 0 aliphatic carbocycles. The third kappa shape index (κ3) is 24.3. The van der Waals surface area contributed by atoms with E-state index in [0.29, 0.717) is 6.42 Å². The first-order valence-electron chi connectivity index (χ1n) is 11.6. The molecule has 12 heteroatoms. The van der Waals surface area contributed by atoms with Crippen LogP contribution in [0.4, 0.5) is 0 Å². The van der Waals surface area contributed by atoms with Crippen molar-refractivity contribution in [2.75, 3.05) is 13.2 Å². The molecular formula is C20H42O10P2. The summed E-state index contributed by atoms with van der Waals surface area (Å²) in [5, 5.41) is 0. The molecule has 0 bridgehead atoms. The molecule has 32 heavy (non-hydrogen) atoms. The minimum absolute atomic E-state index is 0.153. The average molecular weight is 504 g/mol. The number of hydrogen-bond acceptors (Lipinski definition) is 6. The summed E-state index contributed by atoms with van der Waals surface area (Å²) in [5.74, 6) is -0.570. The van der Waals surface area contributed by atoms with E-state index in [1.165, 1.54) is 64.2 Å². The molecule has 1 unspecified atom stereocenters. The summed E-state index contributed by atoms with van der Waals surface area (Å²) in [6.45, 7) is 0.816. The standard InChI is InChI=1S/C20H42O10P2/c1-2-3-4-5-6-7-8-9-10-11-12-13-14-15-16-20(21)28-17-19(30-32(25,26)27)18-29-31(22,23)24/h19H,2-18H2,1H3,(H2,22,23,24)(H2,25,26,27). The quantitative estimate of drug-likeness (QED) is 0.0898. The minimum Gasteiger partial charge on any atom is -0.463 e. The van der Waals surface area contributed by atoms with Gasteiger partial charge in [0.1, 0.15) is 12.7 Å². The first-order chi connectivity index (χ1) is 15.0. The number of rotatable bonds is 22. The van der Waals surface area contributed by atoms with Crippen molar-refractivity contribution < 1.29 is 47.3 Å². The molecule has 10 nitrogen and oxygen atoms in total. The first-order valence-corrected chi connectivity index (χ1v) is 14.7. The third-order valence-corrected chi connectivity index (χ3v) is 5.94. The molecule has 0 aliphatic rings. The Morgan fingerprint density at radius 2 is 1.12 bits per heavy atom. The van der Waals surface area contributed by atoms with Crippen molar-refractivity contribution in [3.05, 3.63) is 0 Å². The van der Waals surface area contributed by atoms with E-state index in [1.54, 1.807) is 0 Å². The molecule has 0 aromatic carbocycles. The average Bonchev–Trinajstić information content (AvgIpc) is 2.68. The lowest BCUT2D eigenvalue weighted by Gasteiger charge is -2.18. The predicted molar refractivity (Wildman–Crippen MR) is 121 cm³/mol. The van der Waals surface area contributed by atoms with Gasteiger partial charge in [0.15, 0.2) is 0 Å². The Labute approximate surface area is 191 Å². The van der Waals surface area contributed by atoms with Crippen molar-refractivity contribution in [3.8, 4) is 0 Å². The molecule has 0 saturated carbocycles. The van der Waals surface area contributed by atoms with Crippen LogP contribution < -0.4 is 0 Å². The zero-order valence-corrected chi connectivity index (χ0v) is 21.0. The molecule has 0 spiro atoms. The highest BCUT2D eigenvalue weighted by Gasteiger charge is 2.27. The molecule has 0 radical (unpaired) electrons. The Morgan fingerprint density at radius 1 is 0.688 bits per heavy atom. The maximum Gasteiger partial charge on any atom is 0.470 e. The Kier molecular flexibility index (Phi) is 18.9. The molecule has 0 fully saturated rings. The van der Waals surface area contributed by atoms with Gasteiger partial charge in [0, 0.05) is 6.42 Å². The summed E-state index contributed by atoms with van der Waals surface area (Å²) in [4.78, 5) is 46.8. The monoisotopic (exact) mass is 504 g/mol. The van der Waals surface area contributed by atoms with Crippen LogP contribution in [0.15, 0.2) is 0 Å². The van der Waals surface area contributed by atoms with E-state index in [0.717, 1.165) is 19.3 Å². The Balaban J connectivity index is 3.71. The predicted octanol–water partition coefficient (Wildman–Crippen LogP) is 4.99. The Bertz CT molecular complexity index is 561. The summed E-state index contributed by atoms with van der Waals surface area (Å²) < 4.78 is 35.0. The van der Waals surface area contributed by atoms with E-state index in [-0.39, 0.29) is 6.42 Å². The van der Waals surface area contributed by atoms with Gasteiger partial charge in [-0.2, -0.15) is 0 Å². The first kappa shape index (κ1) is 31.7. The number of phosphoric ester groups is 2. The molecule has 0 aliphatic heterocycles. The molecule has 0 heterocycles. The van der Waals surface area contributed by atoms with E-state index < -0.39 is 40.9 Å². The van der Waals surface area contributed by atoms with Gasteiger partial charge in [0.05, 0.1) is 6.61 Å². The van der Waals surface area contributed by atoms with E-state index in [4.69, 9.17) is 24.3 Å². The van der Waals surface area contributed by atoms with Crippen molar-refractivity contribution in [1.82, 2.24) is 0 Å². The van der Waals surface area contributed by atoms with Gasteiger partial charge in [0.2, 0.25) is 0 Å². The van der Waals surface area contributed by atoms with Crippen LogP contribution in [0.5, 0.6) is 0 Å². The molecule has 0 aromatic rings. The highest BCUT2D eigenvalue weighted by Crippen LogP contribution is 2.40. The number of hydrogen-bond donors (Lipinski definition) is 4. The van der Waals surface area contributed by atoms with Crippen LogP contribution in [-0.4, -0.2) is 44.9 Å². The zero-order valence-electron chi connectivity index (χ0n) is 19.2. The molecule has 0 saturated heterocycles. The second kappa shape index (κ2) is 19.0. The van der Waals surface area contributed by atoms with Crippen LogP contribution >= 0.6 is 15.6 Å². The van der Waals surface area contributed by atoms with Gasteiger partial charge >= 0.3 is 21.6 Å². The van der Waals surface area contributed by atoms with E-state index in [1.807, 2.05) is 0 Å². The Hall–Kier alpha value is -0.310. The smallest absolute Gasteiger partial charge is 0.463 e. The molecule has 1 atom stereocenters. The highest BCUT2D eigenvalue weighted by atomic mass is 31.2. The number of carbonyl (C=O) groups excluding carboxylic acids is 1. The largest absolute Gasteiger partial charge is 0.470 e.